The molecule has 0 aliphatic heterocycles. The van der Waals surface area contributed by atoms with Crippen LogP contribution in [0.15, 0.2) is 0 Å². The largest absolute Gasteiger partial charge is 0.396 e. The molecule has 0 radical (unpaired) electrons. The van der Waals surface area contributed by atoms with Crippen LogP contribution < -0.4 is 0 Å². The Balaban J connectivity index is 3.18. The van der Waals surface area contributed by atoms with E-state index in [0.717, 1.165) is 12.3 Å². The highest BCUT2D eigenvalue weighted by atomic mass is 16.3. The van der Waals surface area contributed by atoms with Crippen LogP contribution >= 0.6 is 0 Å². The van der Waals surface area contributed by atoms with Crippen molar-refractivity contribution in [3.63, 3.8) is 0 Å². The van der Waals surface area contributed by atoms with Gasteiger partial charge in [0.25, 0.3) is 0 Å². The summed E-state index contributed by atoms with van der Waals surface area (Å²) in [5.41, 5.74) is 0. The third kappa shape index (κ3) is 4.46. The Labute approximate surface area is 58.1 Å². The molecule has 0 saturated heterocycles. The minimum Gasteiger partial charge on any atom is -0.396 e. The van der Waals surface area contributed by atoms with Gasteiger partial charge in [-0.2, -0.15) is 0 Å². The molecule has 0 rings (SSSR count). The quantitative estimate of drug-likeness (QED) is 0.605. The van der Waals surface area contributed by atoms with E-state index >= 15 is 0 Å². The number of hydrogen-bond donors (Lipinski definition) is 1. The SMILES string of the molecule is CCC[C@@H](CC)CCO. The van der Waals surface area contributed by atoms with Crippen molar-refractivity contribution in [1.82, 2.24) is 0 Å². The zero-order valence-corrected chi connectivity index (χ0v) is 6.56. The summed E-state index contributed by atoms with van der Waals surface area (Å²) in [6, 6.07) is 0. The summed E-state index contributed by atoms with van der Waals surface area (Å²) < 4.78 is 0. The topological polar surface area (TPSA) is 20.2 Å². The van der Waals surface area contributed by atoms with E-state index in [0.29, 0.717) is 6.61 Å². The van der Waals surface area contributed by atoms with Crippen LogP contribution in [0.2, 0.25) is 0 Å². The zero-order valence-electron chi connectivity index (χ0n) is 6.56. The molecule has 9 heavy (non-hydrogen) atoms. The maximum atomic E-state index is 8.59. The summed E-state index contributed by atoms with van der Waals surface area (Å²) >= 11 is 0. The lowest BCUT2D eigenvalue weighted by atomic mass is 9.98. The molecule has 0 bridgehead atoms. The highest BCUT2D eigenvalue weighted by molar-refractivity contribution is 4.54. The first kappa shape index (κ1) is 8.96. The minimum absolute atomic E-state index is 0.360. The molecule has 1 N–H and O–H groups in total. The van der Waals surface area contributed by atoms with E-state index in [2.05, 4.69) is 13.8 Å². The molecule has 0 aromatic carbocycles. The van der Waals surface area contributed by atoms with Crippen LogP contribution in [-0.2, 0) is 0 Å². The molecule has 0 aromatic heterocycles. The Morgan fingerprint density at radius 3 is 2.22 bits per heavy atom. The number of hydrogen-bond acceptors (Lipinski definition) is 1. The van der Waals surface area contributed by atoms with Gasteiger partial charge in [0.15, 0.2) is 0 Å². The van der Waals surface area contributed by atoms with E-state index in [4.69, 9.17) is 5.11 Å². The van der Waals surface area contributed by atoms with Crippen LogP contribution in [0.1, 0.15) is 39.5 Å². The smallest absolute Gasteiger partial charge is 0.0433 e. The second kappa shape index (κ2) is 6.09. The molecule has 0 unspecified atom stereocenters. The van der Waals surface area contributed by atoms with Crippen molar-refractivity contribution >= 4 is 0 Å². The highest BCUT2D eigenvalue weighted by Crippen LogP contribution is 2.13. The summed E-state index contributed by atoms with van der Waals surface area (Å²) in [6.07, 6.45) is 4.73. The Morgan fingerprint density at radius 1 is 1.22 bits per heavy atom. The molecular formula is C8H18O. The molecule has 0 amide bonds. The van der Waals surface area contributed by atoms with Gasteiger partial charge in [-0.05, 0) is 12.3 Å². The van der Waals surface area contributed by atoms with Gasteiger partial charge in [0, 0.05) is 6.61 Å². The van der Waals surface area contributed by atoms with Crippen LogP contribution in [0.4, 0.5) is 0 Å². The van der Waals surface area contributed by atoms with Crippen LogP contribution in [0, 0.1) is 5.92 Å². The van der Waals surface area contributed by atoms with Crippen molar-refractivity contribution in [3.8, 4) is 0 Å². The maximum absolute atomic E-state index is 8.59. The van der Waals surface area contributed by atoms with Crippen molar-refractivity contribution in [2.45, 2.75) is 39.5 Å². The zero-order chi connectivity index (χ0) is 7.11. The van der Waals surface area contributed by atoms with Gasteiger partial charge < -0.3 is 5.11 Å². The number of rotatable bonds is 5. The lowest BCUT2D eigenvalue weighted by molar-refractivity contribution is 0.248. The van der Waals surface area contributed by atoms with Crippen LogP contribution in [0.3, 0.4) is 0 Å². The Hall–Kier alpha value is -0.0400. The van der Waals surface area contributed by atoms with Gasteiger partial charge in [0.1, 0.15) is 0 Å². The van der Waals surface area contributed by atoms with Crippen molar-refractivity contribution in [3.05, 3.63) is 0 Å². The lowest BCUT2D eigenvalue weighted by Crippen LogP contribution is -2.00. The third-order valence-corrected chi connectivity index (χ3v) is 1.81. The summed E-state index contributed by atoms with van der Waals surface area (Å²) in [7, 11) is 0. The summed E-state index contributed by atoms with van der Waals surface area (Å²) in [4.78, 5) is 0. The maximum Gasteiger partial charge on any atom is 0.0433 e. The van der Waals surface area contributed by atoms with E-state index in [9.17, 15) is 0 Å². The fraction of sp³-hybridized carbons (Fsp3) is 1.00. The second-order valence-corrected chi connectivity index (χ2v) is 2.58. The Morgan fingerprint density at radius 2 is 1.89 bits per heavy atom. The molecule has 0 fully saturated rings. The van der Waals surface area contributed by atoms with Gasteiger partial charge in [0.2, 0.25) is 0 Å². The van der Waals surface area contributed by atoms with Crippen molar-refractivity contribution < 1.29 is 5.11 Å². The molecule has 1 heteroatoms. The van der Waals surface area contributed by atoms with Crippen LogP contribution in [0.25, 0.3) is 0 Å². The molecule has 1 atom stereocenters. The first-order chi connectivity index (χ1) is 4.35. The van der Waals surface area contributed by atoms with Crippen molar-refractivity contribution in [2.75, 3.05) is 6.61 Å². The molecule has 0 saturated carbocycles. The Kier molecular flexibility index (Phi) is 6.06. The van der Waals surface area contributed by atoms with Crippen LogP contribution in [-0.4, -0.2) is 11.7 Å². The number of aliphatic hydroxyl groups is 1. The average molecular weight is 130 g/mol. The third-order valence-electron chi connectivity index (χ3n) is 1.81. The predicted molar refractivity (Wildman–Crippen MR) is 40.4 cm³/mol. The standard InChI is InChI=1S/C8H18O/c1-3-5-8(4-2)6-7-9/h8-9H,3-7H2,1-2H3/t8-/m1/s1. The molecular weight excluding hydrogens is 112 g/mol. The van der Waals surface area contributed by atoms with E-state index in [1.807, 2.05) is 0 Å². The first-order valence-electron chi connectivity index (χ1n) is 3.96. The van der Waals surface area contributed by atoms with E-state index in [1.54, 1.807) is 0 Å². The average Bonchev–Trinajstić information content (AvgIpc) is 1.88. The normalized spacial score (nSPS) is 13.7. The fourth-order valence-corrected chi connectivity index (χ4v) is 1.14. The van der Waals surface area contributed by atoms with Gasteiger partial charge >= 0.3 is 0 Å². The van der Waals surface area contributed by atoms with E-state index in [-0.39, 0.29) is 0 Å². The predicted octanol–water partition coefficient (Wildman–Crippen LogP) is 2.20. The molecule has 1 nitrogen and oxygen atoms in total. The van der Waals surface area contributed by atoms with E-state index < -0.39 is 0 Å². The van der Waals surface area contributed by atoms with Gasteiger partial charge in [-0.15, -0.1) is 0 Å². The summed E-state index contributed by atoms with van der Waals surface area (Å²) in [5.74, 6) is 0.764. The van der Waals surface area contributed by atoms with Gasteiger partial charge in [0.05, 0.1) is 0 Å². The molecule has 0 spiro atoms. The lowest BCUT2D eigenvalue weighted by Gasteiger charge is -2.10. The van der Waals surface area contributed by atoms with Crippen LogP contribution in [0.5, 0.6) is 0 Å². The molecule has 0 heterocycles. The van der Waals surface area contributed by atoms with Crippen molar-refractivity contribution in [2.24, 2.45) is 5.92 Å². The number of aliphatic hydroxyl groups excluding tert-OH is 1. The van der Waals surface area contributed by atoms with Crippen molar-refractivity contribution in [1.29, 1.82) is 0 Å². The molecule has 0 aromatic rings. The monoisotopic (exact) mass is 130 g/mol. The summed E-state index contributed by atoms with van der Waals surface area (Å²) in [6.45, 7) is 4.74. The minimum atomic E-state index is 0.360. The summed E-state index contributed by atoms with van der Waals surface area (Å²) in [5, 5.41) is 8.59. The van der Waals surface area contributed by atoms with Gasteiger partial charge in [-0.25, -0.2) is 0 Å². The second-order valence-electron chi connectivity index (χ2n) is 2.58. The molecule has 0 aliphatic rings. The fourth-order valence-electron chi connectivity index (χ4n) is 1.14. The van der Waals surface area contributed by atoms with E-state index in [1.165, 1.54) is 19.3 Å². The molecule has 56 valence electrons. The molecule has 0 aliphatic carbocycles. The van der Waals surface area contributed by atoms with Gasteiger partial charge in [-0.3, -0.25) is 0 Å². The highest BCUT2D eigenvalue weighted by Gasteiger charge is 2.01. The van der Waals surface area contributed by atoms with Gasteiger partial charge in [-0.1, -0.05) is 33.1 Å². The Bertz CT molecular complexity index is 46.5. The first-order valence-corrected chi connectivity index (χ1v) is 3.96.